The number of aromatic nitrogens is 2. The first-order valence-electron chi connectivity index (χ1n) is 19.5. The van der Waals surface area contributed by atoms with E-state index in [0.717, 1.165) is 34.1 Å². The van der Waals surface area contributed by atoms with Crippen molar-refractivity contribution in [1.82, 2.24) is 9.97 Å². The second-order valence-electron chi connectivity index (χ2n) is 15.1. The minimum atomic E-state index is -2.27. The van der Waals surface area contributed by atoms with Gasteiger partial charge in [0.25, 0.3) is 0 Å². The first kappa shape index (κ1) is 34.4. The van der Waals surface area contributed by atoms with Crippen LogP contribution in [0.15, 0.2) is 207 Å². The molecule has 0 amide bonds. The molecule has 0 radical (unpaired) electrons. The maximum Gasteiger partial charge on any atom is 0.113 e. The van der Waals surface area contributed by atoms with Gasteiger partial charge in [-0.1, -0.05) is 140 Å². The molecular formula is C52H40N4Si. The molecule has 0 saturated carbocycles. The molecule has 9 aromatic rings. The van der Waals surface area contributed by atoms with Crippen molar-refractivity contribution in [3.05, 3.63) is 207 Å². The van der Waals surface area contributed by atoms with Crippen molar-refractivity contribution in [2.45, 2.75) is 13.1 Å². The van der Waals surface area contributed by atoms with Crippen LogP contribution in [-0.2, 0) is 0 Å². The maximum atomic E-state index is 4.60. The van der Waals surface area contributed by atoms with E-state index in [-0.39, 0.29) is 0 Å². The van der Waals surface area contributed by atoms with Gasteiger partial charge in [-0.3, -0.25) is 9.97 Å². The fraction of sp³-hybridized carbons (Fsp3) is 0.0385. The molecule has 0 saturated heterocycles. The van der Waals surface area contributed by atoms with Crippen molar-refractivity contribution in [2.75, 3.05) is 9.80 Å². The van der Waals surface area contributed by atoms with E-state index in [1.165, 1.54) is 54.5 Å². The molecule has 0 aliphatic carbocycles. The number of hydrogen-bond acceptors (Lipinski definition) is 4. The summed E-state index contributed by atoms with van der Waals surface area (Å²) in [6, 6.07) is 65.8. The number of pyridine rings is 2. The Morgan fingerprint density at radius 3 is 1.56 bits per heavy atom. The normalized spacial score (nSPS) is 12.5. The Morgan fingerprint density at radius 1 is 0.386 bits per heavy atom. The van der Waals surface area contributed by atoms with E-state index in [1.54, 1.807) is 0 Å². The fourth-order valence-corrected chi connectivity index (χ4v) is 11.9. The molecule has 0 fully saturated rings. The molecule has 0 spiro atoms. The lowest BCUT2D eigenvalue weighted by Gasteiger charge is -2.37. The molecule has 10 rings (SSSR count). The lowest BCUT2D eigenvalue weighted by atomic mass is 9.94. The Morgan fingerprint density at radius 2 is 0.947 bits per heavy atom. The highest BCUT2D eigenvalue weighted by Gasteiger charge is 2.37. The van der Waals surface area contributed by atoms with Crippen molar-refractivity contribution in [2.24, 2.45) is 0 Å². The lowest BCUT2D eigenvalue weighted by molar-refractivity contribution is 1.23. The summed E-state index contributed by atoms with van der Waals surface area (Å²) in [6.07, 6.45) is 7.62. The number of fused-ring (bicyclic) bond motifs is 2. The van der Waals surface area contributed by atoms with Crippen LogP contribution in [0.3, 0.4) is 0 Å². The molecule has 7 aromatic carbocycles. The van der Waals surface area contributed by atoms with Crippen molar-refractivity contribution in [3.63, 3.8) is 0 Å². The topological polar surface area (TPSA) is 32.3 Å². The van der Waals surface area contributed by atoms with E-state index in [0.29, 0.717) is 0 Å². The molecule has 272 valence electrons. The van der Waals surface area contributed by atoms with Crippen molar-refractivity contribution in [1.29, 1.82) is 0 Å². The van der Waals surface area contributed by atoms with E-state index in [4.69, 9.17) is 0 Å². The number of hydrogen-bond donors (Lipinski definition) is 0. The van der Waals surface area contributed by atoms with Crippen molar-refractivity contribution < 1.29 is 0 Å². The lowest BCUT2D eigenvalue weighted by Crippen LogP contribution is -2.56. The van der Waals surface area contributed by atoms with Crippen LogP contribution in [0.25, 0.3) is 44.2 Å². The average molecular weight is 749 g/mol. The Bertz CT molecular complexity index is 2880. The molecule has 2 aromatic heterocycles. The van der Waals surface area contributed by atoms with Gasteiger partial charge in [0.05, 0.1) is 40.8 Å². The smallest absolute Gasteiger partial charge is 0.113 e. The van der Waals surface area contributed by atoms with Gasteiger partial charge in [-0.15, -0.1) is 0 Å². The molecule has 0 N–H and O–H groups in total. The van der Waals surface area contributed by atoms with Crippen LogP contribution >= 0.6 is 0 Å². The quantitative estimate of drug-likeness (QED) is 0.145. The van der Waals surface area contributed by atoms with Crippen molar-refractivity contribution in [3.8, 4) is 33.4 Å². The number of benzene rings is 7. The van der Waals surface area contributed by atoms with Gasteiger partial charge in [0, 0.05) is 34.6 Å². The average Bonchev–Trinajstić information content (AvgIpc) is 3.28. The zero-order valence-corrected chi connectivity index (χ0v) is 32.9. The Kier molecular flexibility index (Phi) is 8.58. The zero-order valence-electron chi connectivity index (χ0n) is 31.9. The Balaban J connectivity index is 1.17. The van der Waals surface area contributed by atoms with E-state index < -0.39 is 8.07 Å². The second kappa shape index (κ2) is 14.2. The number of nitrogens with zero attached hydrogens (tertiary/aromatic N) is 4. The SMILES string of the molecule is C[Si]1(C)c2cc(N(c3cccnc3)c3ccccc3-c3ccccc3)ccc2-c2ccc(N(c3cccnc3)c3ccccc3-c3ccccc3)c3cccc1c23. The number of para-hydroxylation sites is 2. The first-order chi connectivity index (χ1) is 28.1. The number of anilines is 6. The Labute approximate surface area is 335 Å². The van der Waals surface area contributed by atoms with Gasteiger partial charge in [-0.2, -0.15) is 0 Å². The van der Waals surface area contributed by atoms with Crippen LogP contribution in [-0.4, -0.2) is 18.0 Å². The van der Waals surface area contributed by atoms with Gasteiger partial charge < -0.3 is 9.80 Å². The minimum absolute atomic E-state index is 1.02. The summed E-state index contributed by atoms with van der Waals surface area (Å²) in [6.45, 7) is 5.02. The summed E-state index contributed by atoms with van der Waals surface area (Å²) in [5.74, 6) is 0. The summed E-state index contributed by atoms with van der Waals surface area (Å²) in [5, 5.41) is 5.45. The molecule has 57 heavy (non-hydrogen) atoms. The van der Waals surface area contributed by atoms with Crippen molar-refractivity contribution >= 4 is 63.3 Å². The summed E-state index contributed by atoms with van der Waals surface area (Å²) < 4.78 is 0. The highest BCUT2D eigenvalue weighted by Crippen LogP contribution is 2.47. The predicted molar refractivity (Wildman–Crippen MR) is 242 cm³/mol. The molecule has 1 aliphatic heterocycles. The van der Waals surface area contributed by atoms with Gasteiger partial charge in [-0.25, -0.2) is 0 Å². The molecular weight excluding hydrogens is 709 g/mol. The monoisotopic (exact) mass is 748 g/mol. The molecule has 0 atom stereocenters. The van der Waals surface area contributed by atoms with Crippen LogP contribution in [0.4, 0.5) is 34.1 Å². The first-order valence-corrected chi connectivity index (χ1v) is 22.5. The summed E-state index contributed by atoms with van der Waals surface area (Å²) in [4.78, 5) is 13.9. The van der Waals surface area contributed by atoms with Gasteiger partial charge >= 0.3 is 0 Å². The Hall–Kier alpha value is -7.08. The zero-order chi connectivity index (χ0) is 38.3. The van der Waals surface area contributed by atoms with Gasteiger partial charge in [-0.05, 0) is 92.6 Å². The van der Waals surface area contributed by atoms with Gasteiger partial charge in [0.15, 0.2) is 0 Å². The highest BCUT2D eigenvalue weighted by molar-refractivity contribution is 7.03. The fourth-order valence-electron chi connectivity index (χ4n) is 8.77. The maximum absolute atomic E-state index is 4.60. The summed E-state index contributed by atoms with van der Waals surface area (Å²) >= 11 is 0. The number of rotatable bonds is 8. The molecule has 4 nitrogen and oxygen atoms in total. The van der Waals surface area contributed by atoms with E-state index >= 15 is 0 Å². The minimum Gasteiger partial charge on any atom is -0.308 e. The molecule has 1 aliphatic rings. The van der Waals surface area contributed by atoms with Crippen LogP contribution in [0.5, 0.6) is 0 Å². The third kappa shape index (κ3) is 5.92. The van der Waals surface area contributed by atoms with Gasteiger partial charge in [0.1, 0.15) is 8.07 Å². The standard InChI is InChI=1S/C52H40N4Si/c1-57(2)50-27-13-24-46-49(56(41-21-15-33-54-36-41)48-26-12-10-23-43(48)38-18-7-4-8-19-38)31-30-45(52(46)50)44-29-28-39(34-51(44)57)55(40-20-14-32-53-35-40)47-25-11-9-22-42(47)37-16-5-3-6-17-37/h3-36H,1-2H3. The molecule has 0 bridgehead atoms. The van der Waals surface area contributed by atoms with Gasteiger partial charge in [0.2, 0.25) is 0 Å². The third-order valence-corrected chi connectivity index (χ3v) is 14.9. The van der Waals surface area contributed by atoms with Crippen LogP contribution in [0, 0.1) is 0 Å². The predicted octanol–water partition coefficient (Wildman–Crippen LogP) is 12.7. The van der Waals surface area contributed by atoms with E-state index in [2.05, 4.69) is 203 Å². The van der Waals surface area contributed by atoms with Crippen LogP contribution < -0.4 is 20.2 Å². The van der Waals surface area contributed by atoms with E-state index in [9.17, 15) is 0 Å². The van der Waals surface area contributed by atoms with Crippen LogP contribution in [0.1, 0.15) is 0 Å². The third-order valence-electron chi connectivity index (χ3n) is 11.4. The molecule has 3 heterocycles. The largest absolute Gasteiger partial charge is 0.308 e. The molecule has 5 heteroatoms. The van der Waals surface area contributed by atoms with E-state index in [1.807, 2.05) is 36.9 Å². The summed E-state index contributed by atoms with van der Waals surface area (Å²) in [5.41, 5.74) is 13.8. The summed E-state index contributed by atoms with van der Waals surface area (Å²) in [7, 11) is -2.27. The second-order valence-corrected chi connectivity index (χ2v) is 19.4. The molecule has 0 unspecified atom stereocenters. The van der Waals surface area contributed by atoms with Crippen LogP contribution in [0.2, 0.25) is 13.1 Å². The highest BCUT2D eigenvalue weighted by atomic mass is 28.3.